The van der Waals surface area contributed by atoms with Gasteiger partial charge in [0.2, 0.25) is 5.91 Å². The van der Waals surface area contributed by atoms with Crippen LogP contribution in [0.2, 0.25) is 0 Å². The van der Waals surface area contributed by atoms with Crippen molar-refractivity contribution in [3.05, 3.63) is 45.8 Å². The van der Waals surface area contributed by atoms with Crippen molar-refractivity contribution >= 4 is 11.7 Å². The molecule has 0 aliphatic heterocycles. The van der Waals surface area contributed by atoms with Gasteiger partial charge in [0.05, 0.1) is 11.9 Å². The molecule has 0 fully saturated rings. The van der Waals surface area contributed by atoms with Crippen molar-refractivity contribution in [1.82, 2.24) is 19.9 Å². The molecule has 0 saturated carbocycles. The van der Waals surface area contributed by atoms with E-state index in [1.165, 1.54) is 17.7 Å². The molecule has 2 aromatic rings. The predicted octanol–water partition coefficient (Wildman–Crippen LogP) is 0.463. The first-order valence-corrected chi connectivity index (χ1v) is 6.44. The number of aryl methyl sites for hydroxylation is 2. The third-order valence-corrected chi connectivity index (χ3v) is 3.11. The van der Waals surface area contributed by atoms with Crippen molar-refractivity contribution in [3.63, 3.8) is 0 Å². The molecule has 110 valence electrons. The molecule has 7 nitrogen and oxygen atoms in total. The number of nitrogens with zero attached hydrogens (tertiary/aromatic N) is 3. The molecule has 21 heavy (non-hydrogen) atoms. The third-order valence-electron chi connectivity index (χ3n) is 3.11. The lowest BCUT2D eigenvalue weighted by Crippen LogP contribution is -2.23. The van der Waals surface area contributed by atoms with Gasteiger partial charge in [-0.1, -0.05) is 0 Å². The van der Waals surface area contributed by atoms with E-state index >= 15 is 0 Å². The molecule has 0 unspecified atom stereocenters. The van der Waals surface area contributed by atoms with Crippen molar-refractivity contribution in [2.24, 2.45) is 0 Å². The van der Waals surface area contributed by atoms with Crippen LogP contribution in [0.3, 0.4) is 0 Å². The number of nitrogens with one attached hydrogen (secondary N) is 1. The Morgan fingerprint density at radius 1 is 1.38 bits per heavy atom. The average Bonchev–Trinajstić information content (AvgIpc) is 2.39. The number of aromatic nitrogens is 3. The maximum Gasteiger partial charge on any atom is 0.273 e. The van der Waals surface area contributed by atoms with Crippen molar-refractivity contribution in [3.8, 4) is 5.69 Å². The van der Waals surface area contributed by atoms with Crippen LogP contribution in [0.15, 0.2) is 23.3 Å². The molecular formula is C14H17N5O2. The zero-order valence-corrected chi connectivity index (χ0v) is 12.2. The molecule has 2 rings (SSSR count). The second-order valence-corrected chi connectivity index (χ2v) is 4.77. The molecule has 2 heterocycles. The van der Waals surface area contributed by atoms with Gasteiger partial charge >= 0.3 is 0 Å². The Morgan fingerprint density at radius 3 is 2.71 bits per heavy atom. The lowest BCUT2D eigenvalue weighted by atomic mass is 10.1. The monoisotopic (exact) mass is 287 g/mol. The predicted molar refractivity (Wildman–Crippen MR) is 79.0 cm³/mol. The minimum absolute atomic E-state index is 0.134. The van der Waals surface area contributed by atoms with Crippen LogP contribution in [0.25, 0.3) is 5.69 Å². The van der Waals surface area contributed by atoms with Gasteiger partial charge in [-0.3, -0.25) is 19.1 Å². The van der Waals surface area contributed by atoms with Crippen molar-refractivity contribution < 1.29 is 4.79 Å². The Balaban J connectivity index is 2.56. The number of hydrogen-bond acceptors (Lipinski definition) is 5. The summed E-state index contributed by atoms with van der Waals surface area (Å²) in [6, 6.07) is 1.77. The number of carbonyl (C=O) groups is 1. The van der Waals surface area contributed by atoms with Gasteiger partial charge in [-0.2, -0.15) is 0 Å². The van der Waals surface area contributed by atoms with E-state index in [1.54, 1.807) is 26.1 Å². The molecule has 0 aliphatic carbocycles. The van der Waals surface area contributed by atoms with Gasteiger partial charge in [0.1, 0.15) is 5.82 Å². The molecule has 0 saturated heterocycles. The third kappa shape index (κ3) is 3.07. The molecule has 0 aromatic carbocycles. The SMILES string of the molecule is CC(=O)NCc1cc(-n2c(C)cncc2=O)c(N)nc1C. The largest absolute Gasteiger partial charge is 0.382 e. The Kier molecular flexibility index (Phi) is 4.02. The summed E-state index contributed by atoms with van der Waals surface area (Å²) in [5.74, 6) is 0.125. The summed E-state index contributed by atoms with van der Waals surface area (Å²) < 4.78 is 1.45. The lowest BCUT2D eigenvalue weighted by molar-refractivity contribution is -0.119. The number of hydrogen-bond donors (Lipinski definition) is 2. The zero-order valence-electron chi connectivity index (χ0n) is 12.2. The maximum absolute atomic E-state index is 12.0. The van der Waals surface area contributed by atoms with Crippen LogP contribution >= 0.6 is 0 Å². The van der Waals surface area contributed by atoms with Gasteiger partial charge in [-0.25, -0.2) is 4.98 Å². The molecule has 0 radical (unpaired) electrons. The highest BCUT2D eigenvalue weighted by atomic mass is 16.1. The highest BCUT2D eigenvalue weighted by Crippen LogP contribution is 2.19. The van der Waals surface area contributed by atoms with Gasteiger partial charge < -0.3 is 11.1 Å². The summed E-state index contributed by atoms with van der Waals surface area (Å²) in [6.45, 7) is 5.35. The number of amides is 1. The Hall–Kier alpha value is -2.70. The van der Waals surface area contributed by atoms with Crippen molar-refractivity contribution in [1.29, 1.82) is 0 Å². The van der Waals surface area contributed by atoms with Crippen LogP contribution in [0.1, 0.15) is 23.9 Å². The van der Waals surface area contributed by atoms with E-state index in [1.807, 2.05) is 0 Å². The molecule has 1 amide bonds. The van der Waals surface area contributed by atoms with Crippen molar-refractivity contribution in [2.45, 2.75) is 27.3 Å². The van der Waals surface area contributed by atoms with Crippen LogP contribution in [0.5, 0.6) is 0 Å². The summed E-state index contributed by atoms with van der Waals surface area (Å²) in [5, 5.41) is 2.71. The Labute approximate surface area is 121 Å². The smallest absolute Gasteiger partial charge is 0.273 e. The number of rotatable bonds is 3. The van der Waals surface area contributed by atoms with Gasteiger partial charge in [0, 0.05) is 31.1 Å². The molecule has 0 aliphatic rings. The van der Waals surface area contributed by atoms with Crippen LogP contribution in [0.4, 0.5) is 5.82 Å². The first-order chi connectivity index (χ1) is 9.90. The molecular weight excluding hydrogens is 270 g/mol. The van der Waals surface area contributed by atoms with E-state index < -0.39 is 0 Å². The van der Waals surface area contributed by atoms with Crippen molar-refractivity contribution in [2.75, 3.05) is 5.73 Å². The fourth-order valence-corrected chi connectivity index (χ4v) is 2.04. The number of pyridine rings is 1. The highest BCUT2D eigenvalue weighted by Gasteiger charge is 2.12. The van der Waals surface area contributed by atoms with E-state index in [-0.39, 0.29) is 17.3 Å². The van der Waals surface area contributed by atoms with Crippen LogP contribution in [0, 0.1) is 13.8 Å². The van der Waals surface area contributed by atoms with Gasteiger partial charge in [0.15, 0.2) is 0 Å². The standard InChI is InChI=1S/C14H17N5O2/c1-8-5-16-7-13(21)19(8)12-4-11(6-17-10(3)20)9(2)18-14(12)15/h4-5,7H,6H2,1-3H3,(H2,15,18)(H,17,20). The second kappa shape index (κ2) is 5.74. The Morgan fingerprint density at radius 2 is 2.10 bits per heavy atom. The van der Waals surface area contributed by atoms with E-state index in [2.05, 4.69) is 15.3 Å². The first kappa shape index (κ1) is 14.7. The quantitative estimate of drug-likeness (QED) is 0.853. The summed E-state index contributed by atoms with van der Waals surface area (Å²) >= 11 is 0. The van der Waals surface area contributed by atoms with Gasteiger partial charge in [0.25, 0.3) is 5.56 Å². The zero-order chi connectivity index (χ0) is 15.6. The lowest BCUT2D eigenvalue weighted by Gasteiger charge is -2.14. The molecule has 2 aromatic heterocycles. The minimum Gasteiger partial charge on any atom is -0.382 e. The average molecular weight is 287 g/mol. The van der Waals surface area contributed by atoms with Crippen LogP contribution < -0.4 is 16.6 Å². The van der Waals surface area contributed by atoms with E-state index in [0.717, 1.165) is 5.56 Å². The molecule has 0 atom stereocenters. The van der Waals surface area contributed by atoms with Crippen LogP contribution in [-0.4, -0.2) is 20.4 Å². The fraction of sp³-hybridized carbons (Fsp3) is 0.286. The second-order valence-electron chi connectivity index (χ2n) is 4.77. The van der Waals surface area contributed by atoms with Gasteiger partial charge in [-0.05, 0) is 25.5 Å². The maximum atomic E-state index is 12.0. The van der Waals surface area contributed by atoms with Gasteiger partial charge in [-0.15, -0.1) is 0 Å². The van der Waals surface area contributed by atoms with E-state index in [4.69, 9.17) is 5.73 Å². The molecule has 0 bridgehead atoms. The van der Waals surface area contributed by atoms with E-state index in [0.29, 0.717) is 23.6 Å². The molecule has 3 N–H and O–H groups in total. The van der Waals surface area contributed by atoms with Crippen LogP contribution in [-0.2, 0) is 11.3 Å². The van der Waals surface area contributed by atoms with E-state index in [9.17, 15) is 9.59 Å². The number of carbonyl (C=O) groups excluding carboxylic acids is 1. The first-order valence-electron chi connectivity index (χ1n) is 6.44. The highest BCUT2D eigenvalue weighted by molar-refractivity contribution is 5.72. The number of nitrogens with two attached hydrogens (primary N) is 1. The minimum atomic E-state index is -0.280. The molecule has 0 spiro atoms. The topological polar surface area (TPSA) is 103 Å². The Bertz CT molecular complexity index is 752. The summed E-state index contributed by atoms with van der Waals surface area (Å²) in [7, 11) is 0. The fourth-order valence-electron chi connectivity index (χ4n) is 2.04. The number of nitrogen functional groups attached to an aromatic ring is 1. The normalized spacial score (nSPS) is 10.4. The summed E-state index contributed by atoms with van der Waals surface area (Å²) in [6.07, 6.45) is 2.80. The number of anilines is 1. The summed E-state index contributed by atoms with van der Waals surface area (Å²) in [5.41, 5.74) is 8.32. The summed E-state index contributed by atoms with van der Waals surface area (Å²) in [4.78, 5) is 31.1. The molecule has 7 heteroatoms.